The normalized spacial score (nSPS) is 19.1. The average Bonchev–Trinajstić information content (AvgIpc) is 3.17. The van der Waals surface area contributed by atoms with Crippen LogP contribution in [0.3, 0.4) is 0 Å². The summed E-state index contributed by atoms with van der Waals surface area (Å²) in [5.41, 5.74) is 13.0. The van der Waals surface area contributed by atoms with Crippen molar-refractivity contribution < 1.29 is 24.2 Å². The molecule has 1 saturated heterocycles. The fraction of sp³-hybridized carbons (Fsp3) is 0.565. The molecule has 0 aromatic heterocycles. The van der Waals surface area contributed by atoms with E-state index in [2.05, 4.69) is 15.6 Å². The molecule has 1 fully saturated rings. The Balaban J connectivity index is 2.04. The number of primary amides is 1. The van der Waals surface area contributed by atoms with E-state index in [4.69, 9.17) is 16.2 Å². The van der Waals surface area contributed by atoms with Gasteiger partial charge in [-0.2, -0.15) is 0 Å². The average molecular weight is 521 g/mol. The van der Waals surface area contributed by atoms with Crippen molar-refractivity contribution in [2.24, 2.45) is 16.5 Å². The molecule has 0 radical (unpaired) electrons. The number of rotatable bonds is 11. The predicted octanol–water partition coefficient (Wildman–Crippen LogP) is 0.000500. The van der Waals surface area contributed by atoms with E-state index in [0.29, 0.717) is 25.9 Å². The van der Waals surface area contributed by atoms with E-state index in [1.54, 1.807) is 26.2 Å². The first-order valence-corrected chi connectivity index (χ1v) is 11.9. The molecule has 0 aliphatic carbocycles. The van der Waals surface area contributed by atoms with E-state index in [9.17, 15) is 24.5 Å². The molecule has 1 aliphatic heterocycles. The van der Waals surface area contributed by atoms with Gasteiger partial charge in [-0.15, -0.1) is 0 Å². The minimum atomic E-state index is -0.968. The molecule has 0 bridgehead atoms. The van der Waals surface area contributed by atoms with E-state index in [1.165, 1.54) is 0 Å². The number of nitrogens with one attached hydrogen (secondary N) is 3. The smallest absolute Gasteiger partial charge is 0.408 e. The minimum Gasteiger partial charge on any atom is -0.444 e. The predicted molar refractivity (Wildman–Crippen MR) is 135 cm³/mol. The molecule has 1 aromatic rings. The second kappa shape index (κ2) is 13.4. The summed E-state index contributed by atoms with van der Waals surface area (Å²) in [5.74, 6) is -1.30. The lowest BCUT2D eigenvalue weighted by Crippen LogP contribution is -2.51. The lowest BCUT2D eigenvalue weighted by Gasteiger charge is -2.24. The number of nitrogens with zero attached hydrogens (tertiary/aromatic N) is 3. The van der Waals surface area contributed by atoms with E-state index in [-0.39, 0.29) is 25.0 Å². The van der Waals surface area contributed by atoms with E-state index in [1.807, 2.05) is 35.2 Å². The van der Waals surface area contributed by atoms with Crippen LogP contribution in [0.25, 0.3) is 0 Å². The number of hydrazine groups is 1. The van der Waals surface area contributed by atoms with Crippen LogP contribution >= 0.6 is 0 Å². The van der Waals surface area contributed by atoms with Crippen LogP contribution in [0.5, 0.6) is 0 Å². The Labute approximate surface area is 215 Å². The van der Waals surface area contributed by atoms with Gasteiger partial charge in [-0.3, -0.25) is 14.5 Å². The highest BCUT2D eigenvalue weighted by atomic mass is 16.7. The number of amides is 3. The second-order valence-electron chi connectivity index (χ2n) is 9.75. The monoisotopic (exact) mass is 520 g/mol. The number of aliphatic imine (C=N–C) groups is 1. The van der Waals surface area contributed by atoms with Crippen LogP contribution in [-0.4, -0.2) is 70.6 Å². The summed E-state index contributed by atoms with van der Waals surface area (Å²) in [7, 11) is 0. The van der Waals surface area contributed by atoms with Crippen LogP contribution < -0.4 is 27.5 Å². The third kappa shape index (κ3) is 10.7. The maximum Gasteiger partial charge on any atom is 0.408 e. The van der Waals surface area contributed by atoms with Crippen molar-refractivity contribution in [1.82, 2.24) is 21.0 Å². The maximum absolute atomic E-state index is 13.1. The Bertz CT molecular complexity index is 981. The van der Waals surface area contributed by atoms with Gasteiger partial charge < -0.3 is 26.8 Å². The standard InChI is InChI=1S/C23H36N8O6/c1-23(2,3)37-22(34)28-17(10-7-11-26-21(25)29-31(35)36)20(33)27-16-12-18(19(24)32)30(14-16)13-15-8-5-4-6-9-15/h4-6,8-9,16-18H,7,10-14H2,1-3H3,(H2,24,32)(H,27,33)(H,28,34)(H3,25,26,29)/t16-,17+,18+/m1/s1. The summed E-state index contributed by atoms with van der Waals surface area (Å²) in [4.78, 5) is 53.7. The fourth-order valence-corrected chi connectivity index (χ4v) is 3.94. The number of carbonyl (C=O) groups is 3. The van der Waals surface area contributed by atoms with Crippen molar-refractivity contribution >= 4 is 23.9 Å². The van der Waals surface area contributed by atoms with Crippen molar-refractivity contribution in [3.8, 4) is 0 Å². The number of alkyl carbamates (subject to hydrolysis) is 1. The molecule has 7 N–H and O–H groups in total. The Morgan fingerprint density at radius 3 is 2.51 bits per heavy atom. The van der Waals surface area contributed by atoms with Gasteiger partial charge in [0.05, 0.1) is 6.04 Å². The van der Waals surface area contributed by atoms with Crippen LogP contribution in [-0.2, 0) is 20.9 Å². The summed E-state index contributed by atoms with van der Waals surface area (Å²) in [6.45, 7) is 6.09. The molecular formula is C23H36N8O6. The van der Waals surface area contributed by atoms with Gasteiger partial charge in [-0.25, -0.2) is 19.9 Å². The number of ether oxygens (including phenoxy) is 1. The van der Waals surface area contributed by atoms with Crippen LogP contribution in [0, 0.1) is 10.1 Å². The first-order valence-electron chi connectivity index (χ1n) is 11.9. The van der Waals surface area contributed by atoms with Crippen molar-refractivity contribution in [3.63, 3.8) is 0 Å². The molecule has 1 heterocycles. The molecule has 14 heteroatoms. The lowest BCUT2D eigenvalue weighted by atomic mass is 10.1. The van der Waals surface area contributed by atoms with Gasteiger partial charge in [0.1, 0.15) is 11.6 Å². The summed E-state index contributed by atoms with van der Waals surface area (Å²) in [5, 5.41) is 15.1. The van der Waals surface area contributed by atoms with Gasteiger partial charge in [0, 0.05) is 25.7 Å². The molecule has 0 unspecified atom stereocenters. The van der Waals surface area contributed by atoms with Gasteiger partial charge in [0.15, 0.2) is 5.03 Å². The molecule has 0 saturated carbocycles. The quantitative estimate of drug-likeness (QED) is 0.0873. The first-order chi connectivity index (χ1) is 17.3. The Hall–Kier alpha value is -3.94. The lowest BCUT2D eigenvalue weighted by molar-refractivity contribution is -0.525. The van der Waals surface area contributed by atoms with Crippen LogP contribution in [0.1, 0.15) is 45.6 Å². The topological polar surface area (TPSA) is 207 Å². The highest BCUT2D eigenvalue weighted by Crippen LogP contribution is 2.21. The van der Waals surface area contributed by atoms with Gasteiger partial charge in [-0.1, -0.05) is 35.8 Å². The molecule has 14 nitrogen and oxygen atoms in total. The summed E-state index contributed by atoms with van der Waals surface area (Å²) in [6.07, 6.45) is 0.0289. The molecule has 204 valence electrons. The summed E-state index contributed by atoms with van der Waals surface area (Å²) in [6, 6.07) is 7.72. The molecule has 0 spiro atoms. The molecule has 3 amide bonds. The van der Waals surface area contributed by atoms with Gasteiger partial charge in [0.25, 0.3) is 5.96 Å². The maximum atomic E-state index is 13.1. The Morgan fingerprint density at radius 2 is 1.92 bits per heavy atom. The number of benzene rings is 1. The molecule has 1 aromatic carbocycles. The second-order valence-corrected chi connectivity index (χ2v) is 9.75. The highest BCUT2D eigenvalue weighted by molar-refractivity contribution is 5.86. The Morgan fingerprint density at radius 1 is 1.24 bits per heavy atom. The van der Waals surface area contributed by atoms with Gasteiger partial charge in [-0.05, 0) is 45.6 Å². The van der Waals surface area contributed by atoms with Crippen molar-refractivity contribution in [2.45, 2.75) is 70.3 Å². The number of guanidine groups is 1. The number of hydrogen-bond donors (Lipinski definition) is 5. The fourth-order valence-electron chi connectivity index (χ4n) is 3.94. The number of nitro groups is 1. The largest absolute Gasteiger partial charge is 0.444 e. The number of likely N-dealkylation sites (tertiary alicyclic amines) is 1. The van der Waals surface area contributed by atoms with E-state index >= 15 is 0 Å². The van der Waals surface area contributed by atoms with Crippen molar-refractivity contribution in [2.75, 3.05) is 13.1 Å². The molecule has 37 heavy (non-hydrogen) atoms. The Kier molecular flexibility index (Phi) is 10.6. The van der Waals surface area contributed by atoms with Crippen LogP contribution in [0.15, 0.2) is 35.3 Å². The summed E-state index contributed by atoms with van der Waals surface area (Å²) < 4.78 is 5.28. The number of hydrogen-bond acceptors (Lipinski definition) is 8. The van der Waals surface area contributed by atoms with Crippen molar-refractivity contribution in [1.29, 1.82) is 0 Å². The van der Waals surface area contributed by atoms with Crippen molar-refractivity contribution in [3.05, 3.63) is 46.0 Å². The number of nitrogens with two attached hydrogens (primary N) is 2. The van der Waals surface area contributed by atoms with E-state index < -0.39 is 40.6 Å². The van der Waals surface area contributed by atoms with Gasteiger partial charge >= 0.3 is 6.09 Å². The van der Waals surface area contributed by atoms with Crippen LogP contribution in [0.4, 0.5) is 4.79 Å². The SMILES string of the molecule is CC(C)(C)OC(=O)N[C@@H](CCCN=C(N)N[N+](=O)[O-])C(=O)N[C@@H]1C[C@@H](C(N)=O)N(Cc2ccccc2)C1. The zero-order valence-electron chi connectivity index (χ0n) is 21.3. The third-order valence-corrected chi connectivity index (χ3v) is 5.45. The number of carbonyl (C=O) groups excluding carboxylic acids is 3. The first kappa shape index (κ1) is 29.3. The zero-order valence-corrected chi connectivity index (χ0v) is 21.3. The summed E-state index contributed by atoms with van der Waals surface area (Å²) >= 11 is 0. The van der Waals surface area contributed by atoms with E-state index in [0.717, 1.165) is 5.56 Å². The van der Waals surface area contributed by atoms with Crippen LogP contribution in [0.2, 0.25) is 0 Å². The molecular weight excluding hydrogens is 484 g/mol. The zero-order chi connectivity index (χ0) is 27.6. The third-order valence-electron chi connectivity index (χ3n) is 5.45. The highest BCUT2D eigenvalue weighted by Gasteiger charge is 2.37. The molecule has 3 atom stereocenters. The molecule has 2 rings (SSSR count). The molecule has 1 aliphatic rings. The minimum absolute atomic E-state index is 0.0878. The van der Waals surface area contributed by atoms with Gasteiger partial charge in [0.2, 0.25) is 11.8 Å².